The first-order chi connectivity index (χ1) is 7.58. The lowest BCUT2D eigenvalue weighted by molar-refractivity contribution is 0.0531. The number of halogens is 1. The lowest BCUT2D eigenvalue weighted by Crippen LogP contribution is -2.09. The minimum Gasteiger partial charge on any atom is -0.462 e. The number of ether oxygens (including phenoxy) is 1. The van der Waals surface area contributed by atoms with Gasteiger partial charge < -0.3 is 10.1 Å². The Bertz CT molecular complexity index is 366. The first-order valence-electron chi connectivity index (χ1n) is 5.07. The number of esters is 1. The largest absolute Gasteiger partial charge is 0.462 e. The van der Waals surface area contributed by atoms with Gasteiger partial charge in [0, 0.05) is 6.04 Å². The highest BCUT2D eigenvalue weighted by atomic mass is 35.5. The van der Waals surface area contributed by atoms with E-state index in [1.54, 1.807) is 6.92 Å². The van der Waals surface area contributed by atoms with Crippen molar-refractivity contribution < 1.29 is 9.53 Å². The summed E-state index contributed by atoms with van der Waals surface area (Å²) in [5, 5.41) is 3.84. The SMILES string of the molecule is CCOC(=O)c1sc(NC(C)C)nc1CCl. The van der Waals surface area contributed by atoms with E-state index in [1.807, 2.05) is 13.8 Å². The van der Waals surface area contributed by atoms with Gasteiger partial charge >= 0.3 is 5.97 Å². The van der Waals surface area contributed by atoms with E-state index in [4.69, 9.17) is 16.3 Å². The molecule has 0 unspecified atom stereocenters. The Labute approximate surface area is 104 Å². The fraction of sp³-hybridized carbons (Fsp3) is 0.600. The van der Waals surface area contributed by atoms with Gasteiger partial charge in [-0.1, -0.05) is 11.3 Å². The molecule has 4 nitrogen and oxygen atoms in total. The summed E-state index contributed by atoms with van der Waals surface area (Å²) in [4.78, 5) is 16.3. The molecule has 0 aliphatic heterocycles. The predicted molar refractivity (Wildman–Crippen MR) is 66.4 cm³/mol. The molecule has 16 heavy (non-hydrogen) atoms. The normalized spacial score (nSPS) is 10.6. The van der Waals surface area contributed by atoms with Gasteiger partial charge in [-0.3, -0.25) is 0 Å². The molecule has 0 fully saturated rings. The molecular formula is C10H15ClN2O2S. The summed E-state index contributed by atoms with van der Waals surface area (Å²) in [6.45, 7) is 6.13. The zero-order chi connectivity index (χ0) is 12.1. The lowest BCUT2D eigenvalue weighted by atomic mass is 10.4. The summed E-state index contributed by atoms with van der Waals surface area (Å²) in [6, 6.07) is 0.268. The summed E-state index contributed by atoms with van der Waals surface area (Å²) in [5.41, 5.74) is 0.577. The third-order valence-corrected chi connectivity index (χ3v) is 2.96. The quantitative estimate of drug-likeness (QED) is 0.655. The molecule has 0 bridgehead atoms. The van der Waals surface area contributed by atoms with E-state index in [-0.39, 0.29) is 17.9 Å². The van der Waals surface area contributed by atoms with Gasteiger partial charge in [-0.2, -0.15) is 0 Å². The van der Waals surface area contributed by atoms with Crippen LogP contribution in [0.25, 0.3) is 0 Å². The topological polar surface area (TPSA) is 51.2 Å². The van der Waals surface area contributed by atoms with Crippen molar-refractivity contribution in [1.29, 1.82) is 0 Å². The minimum atomic E-state index is -0.354. The maximum absolute atomic E-state index is 11.6. The first kappa shape index (κ1) is 13.3. The molecule has 1 aromatic heterocycles. The monoisotopic (exact) mass is 262 g/mol. The van der Waals surface area contributed by atoms with Crippen molar-refractivity contribution in [2.75, 3.05) is 11.9 Å². The Kier molecular flexibility index (Phi) is 5.02. The summed E-state index contributed by atoms with van der Waals surface area (Å²) < 4.78 is 4.93. The van der Waals surface area contributed by atoms with Crippen LogP contribution in [0.1, 0.15) is 36.1 Å². The molecule has 0 aliphatic carbocycles. The Morgan fingerprint density at radius 2 is 2.31 bits per heavy atom. The highest BCUT2D eigenvalue weighted by Crippen LogP contribution is 2.25. The van der Waals surface area contributed by atoms with Gasteiger partial charge in [0.2, 0.25) is 0 Å². The Morgan fingerprint density at radius 3 is 2.81 bits per heavy atom. The second kappa shape index (κ2) is 6.06. The summed E-state index contributed by atoms with van der Waals surface area (Å²) >= 11 is 7.01. The van der Waals surface area contributed by atoms with E-state index >= 15 is 0 Å². The fourth-order valence-corrected chi connectivity index (χ4v) is 2.40. The number of nitrogens with one attached hydrogen (secondary N) is 1. The van der Waals surface area contributed by atoms with E-state index in [0.717, 1.165) is 0 Å². The van der Waals surface area contributed by atoms with Gasteiger partial charge in [0.05, 0.1) is 18.2 Å². The van der Waals surface area contributed by atoms with E-state index in [0.29, 0.717) is 22.3 Å². The van der Waals surface area contributed by atoms with Gasteiger partial charge in [-0.25, -0.2) is 9.78 Å². The molecule has 0 spiro atoms. The van der Waals surface area contributed by atoms with Gasteiger partial charge in [-0.15, -0.1) is 11.6 Å². The molecule has 1 rings (SSSR count). The summed E-state index contributed by atoms with van der Waals surface area (Å²) in [7, 11) is 0. The molecule has 0 amide bonds. The Hall–Kier alpha value is -0.810. The highest BCUT2D eigenvalue weighted by Gasteiger charge is 2.18. The number of carbonyl (C=O) groups excluding carboxylic acids is 1. The maximum atomic E-state index is 11.6. The van der Waals surface area contributed by atoms with Gasteiger partial charge in [0.15, 0.2) is 5.13 Å². The molecule has 0 atom stereocenters. The molecular weight excluding hydrogens is 248 g/mol. The third-order valence-electron chi connectivity index (χ3n) is 1.70. The fourth-order valence-electron chi connectivity index (χ4n) is 1.11. The predicted octanol–water partition coefficient (Wildman–Crippen LogP) is 2.88. The van der Waals surface area contributed by atoms with Crippen LogP contribution < -0.4 is 5.32 Å². The highest BCUT2D eigenvalue weighted by molar-refractivity contribution is 7.17. The maximum Gasteiger partial charge on any atom is 0.350 e. The number of carbonyl (C=O) groups is 1. The number of alkyl halides is 1. The standard InChI is InChI=1S/C10H15ClN2O2S/c1-4-15-9(14)8-7(5-11)13-10(16-8)12-6(2)3/h6H,4-5H2,1-3H3,(H,12,13). The smallest absolute Gasteiger partial charge is 0.350 e. The number of rotatable bonds is 5. The van der Waals surface area contributed by atoms with Crippen molar-refractivity contribution in [3.63, 3.8) is 0 Å². The number of anilines is 1. The van der Waals surface area contributed by atoms with Crippen molar-refractivity contribution in [2.45, 2.75) is 32.7 Å². The van der Waals surface area contributed by atoms with Gasteiger partial charge in [0.1, 0.15) is 4.88 Å². The molecule has 1 aromatic rings. The van der Waals surface area contributed by atoms with Crippen LogP contribution in [-0.2, 0) is 10.6 Å². The third kappa shape index (κ3) is 3.35. The summed E-state index contributed by atoms with van der Waals surface area (Å²) in [6.07, 6.45) is 0. The van der Waals surface area contributed by atoms with Gasteiger partial charge in [0.25, 0.3) is 0 Å². The Morgan fingerprint density at radius 1 is 1.62 bits per heavy atom. The number of thiazole rings is 1. The number of hydrogen-bond acceptors (Lipinski definition) is 5. The molecule has 1 N–H and O–H groups in total. The lowest BCUT2D eigenvalue weighted by Gasteiger charge is -2.04. The van der Waals surface area contributed by atoms with Crippen LogP contribution in [0.3, 0.4) is 0 Å². The zero-order valence-corrected chi connectivity index (χ0v) is 11.1. The minimum absolute atomic E-state index is 0.213. The van der Waals surface area contributed by atoms with Crippen LogP contribution in [0.5, 0.6) is 0 Å². The van der Waals surface area contributed by atoms with Crippen LogP contribution in [0.4, 0.5) is 5.13 Å². The first-order valence-corrected chi connectivity index (χ1v) is 6.42. The zero-order valence-electron chi connectivity index (χ0n) is 9.54. The average molecular weight is 263 g/mol. The molecule has 0 radical (unpaired) electrons. The van der Waals surface area contributed by atoms with E-state index in [1.165, 1.54) is 11.3 Å². The van der Waals surface area contributed by atoms with Crippen molar-refractivity contribution >= 4 is 34.0 Å². The van der Waals surface area contributed by atoms with Crippen LogP contribution in [-0.4, -0.2) is 23.6 Å². The number of aromatic nitrogens is 1. The van der Waals surface area contributed by atoms with Crippen molar-refractivity contribution in [2.24, 2.45) is 0 Å². The van der Waals surface area contributed by atoms with E-state index < -0.39 is 0 Å². The average Bonchev–Trinajstić information content (AvgIpc) is 2.60. The number of nitrogens with zero attached hydrogens (tertiary/aromatic N) is 1. The van der Waals surface area contributed by atoms with Crippen molar-refractivity contribution in [1.82, 2.24) is 4.98 Å². The molecule has 0 aromatic carbocycles. The van der Waals surface area contributed by atoms with Gasteiger partial charge in [-0.05, 0) is 20.8 Å². The van der Waals surface area contributed by atoms with E-state index in [2.05, 4.69) is 10.3 Å². The van der Waals surface area contributed by atoms with Crippen molar-refractivity contribution in [3.8, 4) is 0 Å². The molecule has 6 heteroatoms. The second-order valence-corrected chi connectivity index (χ2v) is 4.71. The van der Waals surface area contributed by atoms with E-state index in [9.17, 15) is 4.79 Å². The molecule has 90 valence electrons. The summed E-state index contributed by atoms with van der Waals surface area (Å²) in [5.74, 6) is -0.141. The molecule has 0 saturated carbocycles. The Balaban J connectivity index is 2.90. The molecule has 1 heterocycles. The molecule has 0 saturated heterocycles. The van der Waals surface area contributed by atoms with Crippen molar-refractivity contribution in [3.05, 3.63) is 10.6 Å². The van der Waals surface area contributed by atoms with Crippen LogP contribution in [0, 0.1) is 0 Å². The second-order valence-electron chi connectivity index (χ2n) is 3.45. The van der Waals surface area contributed by atoms with Crippen LogP contribution >= 0.6 is 22.9 Å². The van der Waals surface area contributed by atoms with Crippen LogP contribution in [0.15, 0.2) is 0 Å². The number of hydrogen-bond donors (Lipinski definition) is 1. The van der Waals surface area contributed by atoms with Crippen LogP contribution in [0.2, 0.25) is 0 Å². The molecule has 0 aliphatic rings.